The Hall–Kier alpha value is -0.390. The van der Waals surface area contributed by atoms with E-state index in [-0.39, 0.29) is 0 Å². The predicted molar refractivity (Wildman–Crippen MR) is 71.1 cm³/mol. The van der Waals surface area contributed by atoms with Gasteiger partial charge >= 0.3 is 0 Å². The van der Waals surface area contributed by atoms with E-state index in [2.05, 4.69) is 15.9 Å². The Morgan fingerprint density at radius 2 is 2.25 bits per heavy atom. The summed E-state index contributed by atoms with van der Waals surface area (Å²) < 4.78 is 17.9. The molecule has 0 amide bonds. The third-order valence-corrected chi connectivity index (χ3v) is 4.01. The van der Waals surface area contributed by atoms with Gasteiger partial charge in [0.15, 0.2) is 0 Å². The minimum absolute atomic E-state index is 0.516. The lowest BCUT2D eigenvalue weighted by atomic mass is 10.2. The summed E-state index contributed by atoms with van der Waals surface area (Å²) in [7, 11) is 0.749. The van der Waals surface area contributed by atoms with Crippen molar-refractivity contribution in [2.45, 2.75) is 12.2 Å². The second-order valence-electron chi connectivity index (χ2n) is 3.39. The van der Waals surface area contributed by atoms with Crippen LogP contribution in [-0.4, -0.2) is 23.6 Å². The fourth-order valence-corrected chi connectivity index (χ4v) is 2.96. The van der Waals surface area contributed by atoms with Crippen molar-refractivity contribution in [1.82, 2.24) is 0 Å². The molecule has 16 heavy (non-hydrogen) atoms. The maximum atomic E-state index is 11.7. The molecule has 0 heterocycles. The zero-order valence-corrected chi connectivity index (χ0v) is 11.6. The van der Waals surface area contributed by atoms with Crippen LogP contribution >= 0.6 is 15.9 Å². The van der Waals surface area contributed by atoms with Crippen LogP contribution in [0.3, 0.4) is 0 Å². The number of nitrogens with two attached hydrogens (primary N) is 1. The van der Waals surface area contributed by atoms with E-state index in [0.29, 0.717) is 18.1 Å². The maximum Gasteiger partial charge on any atom is 0.123 e. The lowest BCUT2D eigenvalue weighted by Gasteiger charge is -2.08. The van der Waals surface area contributed by atoms with Crippen LogP contribution in [0.15, 0.2) is 22.7 Å². The summed E-state index contributed by atoms with van der Waals surface area (Å²) in [6, 6.07) is 5.73. The van der Waals surface area contributed by atoms with Gasteiger partial charge in [0.1, 0.15) is 5.75 Å². The Kier molecular flexibility index (Phi) is 6.01. The van der Waals surface area contributed by atoms with E-state index in [1.54, 1.807) is 7.11 Å². The summed E-state index contributed by atoms with van der Waals surface area (Å²) in [5.74, 6) is 1.94. The van der Waals surface area contributed by atoms with E-state index in [9.17, 15) is 4.21 Å². The van der Waals surface area contributed by atoms with Crippen molar-refractivity contribution in [3.63, 3.8) is 0 Å². The zero-order valence-electron chi connectivity index (χ0n) is 9.24. The number of benzene rings is 1. The van der Waals surface area contributed by atoms with E-state index in [0.717, 1.165) is 22.2 Å². The van der Waals surface area contributed by atoms with Gasteiger partial charge in [0.05, 0.1) is 12.9 Å². The molecule has 1 atom stereocenters. The summed E-state index contributed by atoms with van der Waals surface area (Å²) >= 11 is 3.39. The van der Waals surface area contributed by atoms with Gasteiger partial charge in [0.25, 0.3) is 0 Å². The molecule has 0 aliphatic carbocycles. The van der Waals surface area contributed by atoms with E-state index in [1.165, 1.54) is 0 Å². The van der Waals surface area contributed by atoms with Crippen molar-refractivity contribution in [1.29, 1.82) is 0 Å². The van der Waals surface area contributed by atoms with Crippen molar-refractivity contribution < 1.29 is 8.95 Å². The Morgan fingerprint density at radius 3 is 2.88 bits per heavy atom. The fraction of sp³-hybridized carbons (Fsp3) is 0.455. The van der Waals surface area contributed by atoms with Gasteiger partial charge in [-0.1, -0.05) is 15.9 Å². The topological polar surface area (TPSA) is 52.3 Å². The highest BCUT2D eigenvalue weighted by molar-refractivity contribution is 9.10. The van der Waals surface area contributed by atoms with Gasteiger partial charge < -0.3 is 10.5 Å². The normalized spacial score (nSPS) is 12.4. The smallest absolute Gasteiger partial charge is 0.123 e. The zero-order chi connectivity index (χ0) is 12.0. The molecule has 1 aromatic rings. The van der Waals surface area contributed by atoms with Crippen LogP contribution in [0.1, 0.15) is 12.0 Å². The van der Waals surface area contributed by atoms with Crippen LogP contribution in [0.2, 0.25) is 0 Å². The first-order valence-electron chi connectivity index (χ1n) is 5.05. The number of ether oxygens (including phenoxy) is 1. The van der Waals surface area contributed by atoms with Crippen molar-refractivity contribution in [3.8, 4) is 5.75 Å². The number of hydrogen-bond donors (Lipinski definition) is 1. The van der Waals surface area contributed by atoms with Gasteiger partial charge in [-0.05, 0) is 31.2 Å². The van der Waals surface area contributed by atoms with Gasteiger partial charge in [-0.25, -0.2) is 0 Å². The molecule has 1 rings (SSSR count). The first-order chi connectivity index (χ1) is 7.67. The second kappa shape index (κ2) is 7.04. The molecule has 0 bridgehead atoms. The average Bonchev–Trinajstić information content (AvgIpc) is 2.27. The molecule has 0 radical (unpaired) electrons. The molecule has 1 aromatic carbocycles. The molecule has 0 saturated heterocycles. The monoisotopic (exact) mass is 305 g/mol. The number of rotatable bonds is 6. The van der Waals surface area contributed by atoms with E-state index >= 15 is 0 Å². The molecule has 0 aliphatic rings. The van der Waals surface area contributed by atoms with Gasteiger partial charge in [-0.3, -0.25) is 4.21 Å². The van der Waals surface area contributed by atoms with Crippen LogP contribution in [0.4, 0.5) is 0 Å². The van der Waals surface area contributed by atoms with Crippen LogP contribution in [0.5, 0.6) is 5.75 Å². The molecular formula is C11H16BrNO2S. The molecule has 5 heteroatoms. The van der Waals surface area contributed by atoms with Gasteiger partial charge in [0.2, 0.25) is 0 Å². The quantitative estimate of drug-likeness (QED) is 0.875. The first kappa shape index (κ1) is 13.7. The minimum Gasteiger partial charge on any atom is -0.496 e. The highest BCUT2D eigenvalue weighted by Gasteiger charge is 2.07. The summed E-state index contributed by atoms with van der Waals surface area (Å²) in [6.07, 6.45) is 0.795. The van der Waals surface area contributed by atoms with Crippen LogP contribution < -0.4 is 10.5 Å². The highest BCUT2D eigenvalue weighted by Crippen LogP contribution is 2.24. The number of hydrogen-bond acceptors (Lipinski definition) is 3. The molecule has 0 aromatic heterocycles. The van der Waals surface area contributed by atoms with E-state index < -0.39 is 10.8 Å². The summed E-state index contributed by atoms with van der Waals surface area (Å²) in [5, 5.41) is 0. The lowest BCUT2D eigenvalue weighted by Crippen LogP contribution is -2.08. The molecule has 2 N–H and O–H groups in total. The SMILES string of the molecule is COc1ccc(Br)cc1CS(=O)CCCN. The standard InChI is InChI=1S/C11H16BrNO2S/c1-15-11-4-3-10(12)7-9(11)8-16(14)6-2-5-13/h3-4,7H,2,5-6,8,13H2,1H3. The Bertz CT molecular complexity index is 371. The second-order valence-corrected chi connectivity index (χ2v) is 5.88. The molecule has 0 saturated carbocycles. The van der Waals surface area contributed by atoms with Crippen molar-refractivity contribution >= 4 is 26.7 Å². The largest absolute Gasteiger partial charge is 0.496 e. The molecule has 0 fully saturated rings. The third-order valence-electron chi connectivity index (χ3n) is 2.14. The van der Waals surface area contributed by atoms with Crippen LogP contribution in [-0.2, 0) is 16.6 Å². The van der Waals surface area contributed by atoms with Crippen molar-refractivity contribution in [2.75, 3.05) is 19.4 Å². The lowest BCUT2D eigenvalue weighted by molar-refractivity contribution is 0.411. The molecule has 1 unspecified atom stereocenters. The van der Waals surface area contributed by atoms with Crippen molar-refractivity contribution in [2.24, 2.45) is 5.73 Å². The van der Waals surface area contributed by atoms with Crippen LogP contribution in [0.25, 0.3) is 0 Å². The third kappa shape index (κ3) is 4.23. The number of halogens is 1. The average molecular weight is 306 g/mol. The summed E-state index contributed by atoms with van der Waals surface area (Å²) in [4.78, 5) is 0. The minimum atomic E-state index is -0.872. The summed E-state index contributed by atoms with van der Waals surface area (Å²) in [6.45, 7) is 0.585. The molecule has 0 spiro atoms. The van der Waals surface area contributed by atoms with Gasteiger partial charge in [-0.2, -0.15) is 0 Å². The Morgan fingerprint density at radius 1 is 1.50 bits per heavy atom. The molecular weight excluding hydrogens is 290 g/mol. The van der Waals surface area contributed by atoms with Gasteiger partial charge in [0, 0.05) is 26.6 Å². The van der Waals surface area contributed by atoms with Crippen molar-refractivity contribution in [3.05, 3.63) is 28.2 Å². The Balaban J connectivity index is 2.71. The number of methoxy groups -OCH3 is 1. The summed E-state index contributed by atoms with van der Waals surface area (Å²) in [5.41, 5.74) is 6.35. The molecule has 0 aliphatic heterocycles. The molecule has 90 valence electrons. The maximum absolute atomic E-state index is 11.7. The highest BCUT2D eigenvalue weighted by atomic mass is 79.9. The predicted octanol–water partition coefficient (Wildman–Crippen LogP) is 2.06. The van der Waals surface area contributed by atoms with E-state index in [1.807, 2.05) is 18.2 Å². The molecule has 3 nitrogen and oxygen atoms in total. The Labute approximate surface area is 107 Å². The fourth-order valence-electron chi connectivity index (χ4n) is 1.35. The first-order valence-corrected chi connectivity index (χ1v) is 7.33. The van der Waals surface area contributed by atoms with E-state index in [4.69, 9.17) is 10.5 Å². The van der Waals surface area contributed by atoms with Gasteiger partial charge in [-0.15, -0.1) is 0 Å². The van der Waals surface area contributed by atoms with Crippen LogP contribution in [0, 0.1) is 0 Å².